The number of nitrogens with two attached hydrogens (primary N) is 1. The van der Waals surface area contributed by atoms with E-state index in [4.69, 9.17) is 10.5 Å². The molecule has 4 nitrogen and oxygen atoms in total. The molecule has 0 atom stereocenters. The van der Waals surface area contributed by atoms with Crippen molar-refractivity contribution in [3.05, 3.63) is 23.4 Å². The Bertz CT molecular complexity index is 391. The maximum absolute atomic E-state index is 5.74. The number of hydrogen-bond acceptors (Lipinski definition) is 4. The largest absolute Gasteiger partial charge is 0.379 e. The lowest BCUT2D eigenvalue weighted by Gasteiger charge is -2.21. The summed E-state index contributed by atoms with van der Waals surface area (Å²) in [5.74, 6) is 1.81. The molecule has 1 aromatic heterocycles. The van der Waals surface area contributed by atoms with Crippen LogP contribution in [0.4, 0.5) is 5.82 Å². The molecule has 2 rings (SSSR count). The van der Waals surface area contributed by atoms with Gasteiger partial charge in [0, 0.05) is 38.0 Å². The van der Waals surface area contributed by atoms with Crippen LogP contribution in [0.25, 0.3) is 0 Å². The van der Waals surface area contributed by atoms with Crippen molar-refractivity contribution in [1.82, 2.24) is 4.98 Å². The lowest BCUT2D eigenvalue weighted by atomic mass is 10.2. The lowest BCUT2D eigenvalue weighted by molar-refractivity contribution is 0.130. The smallest absolute Gasteiger partial charge is 0.133 e. The second kappa shape index (κ2) is 6.16. The number of aryl methyl sites for hydroxylation is 1. The van der Waals surface area contributed by atoms with Gasteiger partial charge < -0.3 is 15.4 Å². The van der Waals surface area contributed by atoms with Crippen molar-refractivity contribution in [2.75, 3.05) is 31.7 Å². The highest BCUT2D eigenvalue weighted by atomic mass is 16.5. The van der Waals surface area contributed by atoms with Gasteiger partial charge in [-0.15, -0.1) is 0 Å². The van der Waals surface area contributed by atoms with Crippen LogP contribution in [0.15, 0.2) is 12.1 Å². The summed E-state index contributed by atoms with van der Waals surface area (Å²) in [5, 5.41) is 0. The van der Waals surface area contributed by atoms with Crippen LogP contribution in [0.5, 0.6) is 0 Å². The second-order valence-electron chi connectivity index (χ2n) is 5.08. The van der Waals surface area contributed by atoms with Crippen molar-refractivity contribution in [3.8, 4) is 0 Å². The molecule has 1 aliphatic rings. The Kier molecular flexibility index (Phi) is 4.55. The number of hydrogen-bond donors (Lipinski definition) is 1. The van der Waals surface area contributed by atoms with Gasteiger partial charge in [0.05, 0.1) is 6.61 Å². The van der Waals surface area contributed by atoms with Crippen molar-refractivity contribution in [1.29, 1.82) is 0 Å². The Hall–Kier alpha value is -1.13. The molecule has 1 heterocycles. The van der Waals surface area contributed by atoms with Gasteiger partial charge in [-0.3, -0.25) is 0 Å². The zero-order valence-corrected chi connectivity index (χ0v) is 11.4. The van der Waals surface area contributed by atoms with Gasteiger partial charge in [0.15, 0.2) is 0 Å². The van der Waals surface area contributed by atoms with Crippen molar-refractivity contribution in [3.63, 3.8) is 0 Å². The molecule has 1 aliphatic carbocycles. The van der Waals surface area contributed by atoms with E-state index >= 15 is 0 Å². The summed E-state index contributed by atoms with van der Waals surface area (Å²) < 4.78 is 5.65. The first-order valence-electron chi connectivity index (χ1n) is 6.66. The molecule has 2 N–H and O–H groups in total. The zero-order chi connectivity index (χ0) is 13.0. The third-order valence-corrected chi connectivity index (χ3v) is 3.30. The summed E-state index contributed by atoms with van der Waals surface area (Å²) in [5.41, 5.74) is 7.85. The second-order valence-corrected chi connectivity index (χ2v) is 5.08. The maximum atomic E-state index is 5.74. The van der Waals surface area contributed by atoms with Gasteiger partial charge in [0.1, 0.15) is 5.82 Å². The van der Waals surface area contributed by atoms with Crippen LogP contribution in [-0.4, -0.2) is 31.8 Å². The zero-order valence-electron chi connectivity index (χ0n) is 11.4. The van der Waals surface area contributed by atoms with Crippen LogP contribution < -0.4 is 10.6 Å². The molecule has 0 amide bonds. The first-order valence-corrected chi connectivity index (χ1v) is 6.66. The van der Waals surface area contributed by atoms with E-state index in [9.17, 15) is 0 Å². The summed E-state index contributed by atoms with van der Waals surface area (Å²) in [6.45, 7) is 5.05. The summed E-state index contributed by atoms with van der Waals surface area (Å²) in [6.07, 6.45) is 2.68. The van der Waals surface area contributed by atoms with Crippen molar-refractivity contribution in [2.45, 2.75) is 26.3 Å². The van der Waals surface area contributed by atoms with E-state index in [1.165, 1.54) is 12.8 Å². The van der Waals surface area contributed by atoms with Gasteiger partial charge in [-0.25, -0.2) is 4.98 Å². The normalized spacial score (nSPS) is 14.8. The van der Waals surface area contributed by atoms with E-state index in [0.29, 0.717) is 6.54 Å². The summed E-state index contributed by atoms with van der Waals surface area (Å²) in [7, 11) is 2.04. The average molecular weight is 249 g/mol. The number of ether oxygens (including phenoxy) is 1. The average Bonchev–Trinajstić information content (AvgIpc) is 3.18. The molecule has 0 aliphatic heterocycles. The van der Waals surface area contributed by atoms with E-state index in [-0.39, 0.29) is 0 Å². The highest BCUT2D eigenvalue weighted by Gasteiger charge is 2.21. The molecule has 0 spiro atoms. The Morgan fingerprint density at radius 1 is 1.44 bits per heavy atom. The minimum Gasteiger partial charge on any atom is -0.379 e. The molecule has 1 fully saturated rings. The van der Waals surface area contributed by atoms with Crippen molar-refractivity contribution >= 4 is 5.82 Å². The van der Waals surface area contributed by atoms with Crippen LogP contribution in [0.1, 0.15) is 24.1 Å². The van der Waals surface area contributed by atoms with E-state index in [2.05, 4.69) is 16.0 Å². The van der Waals surface area contributed by atoms with Crippen molar-refractivity contribution < 1.29 is 4.74 Å². The molecule has 0 aromatic carbocycles. The monoisotopic (exact) mass is 249 g/mol. The molecule has 18 heavy (non-hydrogen) atoms. The molecule has 0 radical (unpaired) electrons. The Morgan fingerprint density at radius 3 is 2.89 bits per heavy atom. The fourth-order valence-corrected chi connectivity index (χ4v) is 1.90. The SMILES string of the molecule is Cc1ccc(CN)c(N(C)CCOCC2CC2)n1. The fraction of sp³-hybridized carbons (Fsp3) is 0.643. The number of likely N-dealkylation sites (N-methyl/N-ethyl adjacent to an activating group) is 1. The maximum Gasteiger partial charge on any atom is 0.133 e. The minimum atomic E-state index is 0.524. The first-order chi connectivity index (χ1) is 8.70. The van der Waals surface area contributed by atoms with Crippen LogP contribution in [0, 0.1) is 12.8 Å². The molecule has 100 valence electrons. The quantitative estimate of drug-likeness (QED) is 0.747. The molecular formula is C14H23N3O. The summed E-state index contributed by atoms with van der Waals surface area (Å²) in [4.78, 5) is 6.69. The van der Waals surface area contributed by atoms with E-state index < -0.39 is 0 Å². The molecular weight excluding hydrogens is 226 g/mol. The fourth-order valence-electron chi connectivity index (χ4n) is 1.90. The molecule has 4 heteroatoms. The van der Waals surface area contributed by atoms with Crippen LogP contribution in [-0.2, 0) is 11.3 Å². The standard InChI is InChI=1S/C14H23N3O/c1-11-3-6-13(9-15)14(16-11)17(2)7-8-18-10-12-4-5-12/h3,6,12H,4-5,7-10,15H2,1-2H3. The molecule has 0 unspecified atom stereocenters. The summed E-state index contributed by atoms with van der Waals surface area (Å²) >= 11 is 0. The molecule has 1 aromatic rings. The van der Waals surface area contributed by atoms with Gasteiger partial charge in [-0.1, -0.05) is 6.07 Å². The predicted molar refractivity (Wildman–Crippen MR) is 73.7 cm³/mol. The Balaban J connectivity index is 1.85. The van der Waals surface area contributed by atoms with E-state index in [1.54, 1.807) is 0 Å². The number of anilines is 1. The highest BCUT2D eigenvalue weighted by molar-refractivity contribution is 5.47. The number of pyridine rings is 1. The Labute approximate surface area is 109 Å². The lowest BCUT2D eigenvalue weighted by Crippen LogP contribution is -2.25. The van der Waals surface area contributed by atoms with Gasteiger partial charge in [0.25, 0.3) is 0 Å². The molecule has 0 bridgehead atoms. The number of aromatic nitrogens is 1. The third-order valence-electron chi connectivity index (χ3n) is 3.30. The van der Waals surface area contributed by atoms with E-state index in [0.717, 1.165) is 42.8 Å². The van der Waals surface area contributed by atoms with E-state index in [1.807, 2.05) is 20.0 Å². The van der Waals surface area contributed by atoms with Crippen molar-refractivity contribution in [2.24, 2.45) is 11.7 Å². The van der Waals surface area contributed by atoms with Gasteiger partial charge in [-0.2, -0.15) is 0 Å². The van der Waals surface area contributed by atoms with Crippen LogP contribution >= 0.6 is 0 Å². The first kappa shape index (κ1) is 13.3. The molecule has 0 saturated heterocycles. The topological polar surface area (TPSA) is 51.4 Å². The Morgan fingerprint density at radius 2 is 2.22 bits per heavy atom. The molecule has 1 saturated carbocycles. The number of rotatable bonds is 7. The van der Waals surface area contributed by atoms with Gasteiger partial charge >= 0.3 is 0 Å². The highest BCUT2D eigenvalue weighted by Crippen LogP contribution is 2.28. The van der Waals surface area contributed by atoms with Crippen LogP contribution in [0.3, 0.4) is 0 Å². The summed E-state index contributed by atoms with van der Waals surface area (Å²) in [6, 6.07) is 4.06. The van der Waals surface area contributed by atoms with Gasteiger partial charge in [0.2, 0.25) is 0 Å². The third kappa shape index (κ3) is 3.68. The minimum absolute atomic E-state index is 0.524. The van der Waals surface area contributed by atoms with Crippen LogP contribution in [0.2, 0.25) is 0 Å². The predicted octanol–water partition coefficient (Wildman–Crippen LogP) is 1.71. The van der Waals surface area contributed by atoms with Gasteiger partial charge in [-0.05, 0) is 31.7 Å². The number of nitrogens with zero attached hydrogens (tertiary/aromatic N) is 2.